The first kappa shape index (κ1) is 25.6. The predicted molar refractivity (Wildman–Crippen MR) is 145 cm³/mol. The molecule has 0 atom stereocenters. The lowest BCUT2D eigenvalue weighted by Gasteiger charge is -2.41. The van der Waals surface area contributed by atoms with Crippen molar-refractivity contribution in [3.63, 3.8) is 0 Å². The number of thiophene rings is 1. The van der Waals surface area contributed by atoms with E-state index in [0.717, 1.165) is 35.7 Å². The van der Waals surface area contributed by atoms with Crippen LogP contribution in [0.1, 0.15) is 71.9 Å². The molecule has 0 spiro atoms. The average molecular weight is 498 g/mol. The molecule has 4 rings (SSSR count). The van der Waals surface area contributed by atoms with Gasteiger partial charge in [0.05, 0.1) is 5.56 Å². The summed E-state index contributed by atoms with van der Waals surface area (Å²) in [7, 11) is 0. The lowest BCUT2D eigenvalue weighted by Crippen LogP contribution is -2.40. The van der Waals surface area contributed by atoms with Gasteiger partial charge in [0.25, 0.3) is 0 Å². The molecular weight excluding hydrogens is 463 g/mol. The summed E-state index contributed by atoms with van der Waals surface area (Å²) in [4.78, 5) is 2.07. The molecule has 0 aliphatic rings. The van der Waals surface area contributed by atoms with Crippen LogP contribution in [0.5, 0.6) is 0 Å². The Bertz CT molecular complexity index is 1350. The zero-order valence-electron chi connectivity index (χ0n) is 21.4. The van der Waals surface area contributed by atoms with Gasteiger partial charge in [0.2, 0.25) is 0 Å². The van der Waals surface area contributed by atoms with Gasteiger partial charge < -0.3 is 4.90 Å². The van der Waals surface area contributed by atoms with E-state index in [1.165, 1.54) is 33.2 Å². The normalized spacial score (nSPS) is 13.1. The van der Waals surface area contributed by atoms with Crippen LogP contribution in [0.2, 0.25) is 0 Å². The summed E-state index contributed by atoms with van der Waals surface area (Å²) >= 11 is 1.75. The van der Waals surface area contributed by atoms with Crippen LogP contribution in [0.25, 0.3) is 20.2 Å². The van der Waals surface area contributed by atoms with Gasteiger partial charge in [-0.2, -0.15) is 13.2 Å². The zero-order valence-corrected chi connectivity index (χ0v) is 22.2. The van der Waals surface area contributed by atoms with Gasteiger partial charge in [-0.15, -0.1) is 11.3 Å². The Balaban J connectivity index is 1.87. The molecule has 0 fully saturated rings. The number of benzene rings is 3. The standard InChI is InChI=1S/C30H34F3NS/c1-7-16-29(5,6)34(22-11-9-10-21(17-22)30(31,32)33)23-13-15-25-24-14-12-20(28(3,4)8-2)18-26(24)35-27(25)19-23/h9-15,17-19H,7-8,16H2,1-6H3. The van der Waals surface area contributed by atoms with Gasteiger partial charge in [0, 0.05) is 37.1 Å². The summed E-state index contributed by atoms with van der Waals surface area (Å²) in [5.74, 6) is 0. The van der Waals surface area contributed by atoms with Crippen LogP contribution >= 0.6 is 11.3 Å². The van der Waals surface area contributed by atoms with Crippen LogP contribution in [0.4, 0.5) is 24.5 Å². The van der Waals surface area contributed by atoms with Crippen molar-refractivity contribution in [1.82, 2.24) is 0 Å². The summed E-state index contributed by atoms with van der Waals surface area (Å²) in [6.45, 7) is 13.1. The van der Waals surface area contributed by atoms with Gasteiger partial charge in [-0.05, 0) is 74.1 Å². The monoisotopic (exact) mass is 497 g/mol. The fourth-order valence-corrected chi connectivity index (χ4v) is 6.10. The molecule has 35 heavy (non-hydrogen) atoms. The van der Waals surface area contributed by atoms with E-state index in [1.54, 1.807) is 17.4 Å². The largest absolute Gasteiger partial charge is 0.416 e. The third-order valence-electron chi connectivity index (χ3n) is 7.28. The molecule has 5 heteroatoms. The van der Waals surface area contributed by atoms with E-state index in [-0.39, 0.29) is 11.0 Å². The number of anilines is 2. The van der Waals surface area contributed by atoms with Gasteiger partial charge in [0.15, 0.2) is 0 Å². The van der Waals surface area contributed by atoms with Crippen LogP contribution in [0.3, 0.4) is 0 Å². The highest BCUT2D eigenvalue weighted by molar-refractivity contribution is 7.25. The van der Waals surface area contributed by atoms with Crippen molar-refractivity contribution in [3.8, 4) is 0 Å². The maximum atomic E-state index is 13.5. The Morgan fingerprint density at radius 3 is 2.00 bits per heavy atom. The maximum absolute atomic E-state index is 13.5. The molecule has 1 aromatic heterocycles. The minimum atomic E-state index is -4.38. The molecule has 186 valence electrons. The minimum absolute atomic E-state index is 0.111. The number of alkyl halides is 3. The molecule has 0 amide bonds. The number of hydrogen-bond donors (Lipinski definition) is 0. The minimum Gasteiger partial charge on any atom is -0.336 e. The first-order valence-electron chi connectivity index (χ1n) is 12.3. The molecular formula is C30H34F3NS. The highest BCUT2D eigenvalue weighted by Crippen LogP contribution is 2.43. The topological polar surface area (TPSA) is 3.24 Å². The summed E-state index contributed by atoms with van der Waals surface area (Å²) in [6.07, 6.45) is -1.53. The molecule has 0 unspecified atom stereocenters. The molecule has 4 aromatic rings. The summed E-state index contributed by atoms with van der Waals surface area (Å²) in [5.41, 5.74) is 1.93. The third-order valence-corrected chi connectivity index (χ3v) is 8.39. The Labute approximate surface area is 210 Å². The highest BCUT2D eigenvalue weighted by Gasteiger charge is 2.33. The average Bonchev–Trinajstić information content (AvgIpc) is 3.15. The second-order valence-corrected chi connectivity index (χ2v) is 11.8. The van der Waals surface area contributed by atoms with E-state index >= 15 is 0 Å². The SMILES string of the molecule is CCCC(C)(C)N(c1cccc(C(F)(F)F)c1)c1ccc2c(c1)sc1cc(C(C)(C)CC)ccc12. The van der Waals surface area contributed by atoms with E-state index in [1.807, 2.05) is 0 Å². The van der Waals surface area contributed by atoms with Gasteiger partial charge >= 0.3 is 6.18 Å². The van der Waals surface area contributed by atoms with Crippen LogP contribution < -0.4 is 4.90 Å². The van der Waals surface area contributed by atoms with Crippen LogP contribution in [0.15, 0.2) is 60.7 Å². The third kappa shape index (κ3) is 4.93. The van der Waals surface area contributed by atoms with Gasteiger partial charge in [0.1, 0.15) is 0 Å². The van der Waals surface area contributed by atoms with Crippen LogP contribution in [-0.2, 0) is 11.6 Å². The molecule has 0 aliphatic heterocycles. The number of halogens is 3. The van der Waals surface area contributed by atoms with E-state index in [2.05, 4.69) is 82.8 Å². The first-order chi connectivity index (χ1) is 16.4. The molecule has 3 aromatic carbocycles. The number of rotatable bonds is 7. The van der Waals surface area contributed by atoms with Crippen molar-refractivity contribution in [2.75, 3.05) is 4.90 Å². The summed E-state index contributed by atoms with van der Waals surface area (Å²) < 4.78 is 43.0. The summed E-state index contributed by atoms with van der Waals surface area (Å²) in [5, 5.41) is 2.41. The lowest BCUT2D eigenvalue weighted by atomic mass is 9.82. The van der Waals surface area contributed by atoms with Gasteiger partial charge in [-0.3, -0.25) is 0 Å². The van der Waals surface area contributed by atoms with Gasteiger partial charge in [-0.1, -0.05) is 58.4 Å². The van der Waals surface area contributed by atoms with Crippen LogP contribution in [0, 0.1) is 0 Å². The smallest absolute Gasteiger partial charge is 0.336 e. The number of nitrogens with zero attached hydrogens (tertiary/aromatic N) is 1. The van der Waals surface area contributed by atoms with E-state index < -0.39 is 11.7 Å². The van der Waals surface area contributed by atoms with Crippen molar-refractivity contribution in [3.05, 3.63) is 71.8 Å². The van der Waals surface area contributed by atoms with Crippen molar-refractivity contribution in [1.29, 1.82) is 0 Å². The lowest BCUT2D eigenvalue weighted by molar-refractivity contribution is -0.137. The number of fused-ring (bicyclic) bond motifs is 3. The van der Waals surface area contributed by atoms with Crippen molar-refractivity contribution < 1.29 is 13.2 Å². The molecule has 0 saturated heterocycles. The molecule has 1 heterocycles. The van der Waals surface area contributed by atoms with E-state index in [4.69, 9.17) is 0 Å². The first-order valence-corrected chi connectivity index (χ1v) is 13.1. The fraction of sp³-hybridized carbons (Fsp3) is 0.400. The molecule has 0 bridgehead atoms. The van der Waals surface area contributed by atoms with E-state index in [9.17, 15) is 13.2 Å². The molecule has 0 saturated carbocycles. The van der Waals surface area contributed by atoms with Crippen LogP contribution in [-0.4, -0.2) is 5.54 Å². The highest BCUT2D eigenvalue weighted by atomic mass is 32.1. The van der Waals surface area contributed by atoms with Crippen molar-refractivity contribution in [2.24, 2.45) is 0 Å². The predicted octanol–water partition coefficient (Wildman–Crippen LogP) is 10.5. The van der Waals surface area contributed by atoms with Crippen molar-refractivity contribution in [2.45, 2.75) is 77.9 Å². The quantitative estimate of drug-likeness (QED) is 0.245. The number of hydrogen-bond acceptors (Lipinski definition) is 2. The molecule has 0 aliphatic carbocycles. The van der Waals surface area contributed by atoms with E-state index in [0.29, 0.717) is 5.69 Å². The van der Waals surface area contributed by atoms with Gasteiger partial charge in [-0.25, -0.2) is 0 Å². The maximum Gasteiger partial charge on any atom is 0.416 e. The fourth-order valence-electron chi connectivity index (χ4n) is 4.92. The second-order valence-electron chi connectivity index (χ2n) is 10.7. The zero-order chi connectivity index (χ0) is 25.6. The Morgan fingerprint density at radius 1 is 0.743 bits per heavy atom. The molecule has 0 N–H and O–H groups in total. The Hall–Kier alpha value is -2.53. The molecule has 1 nitrogen and oxygen atoms in total. The summed E-state index contributed by atoms with van der Waals surface area (Å²) in [6, 6.07) is 18.7. The van der Waals surface area contributed by atoms with Crippen molar-refractivity contribution >= 4 is 42.9 Å². The Morgan fingerprint density at radius 2 is 1.37 bits per heavy atom. The molecule has 0 radical (unpaired) electrons. The second kappa shape index (κ2) is 9.16. The Kier molecular flexibility index (Phi) is 6.69.